The first-order valence-corrected chi connectivity index (χ1v) is 9.42. The predicted molar refractivity (Wildman–Crippen MR) is 101 cm³/mol. The summed E-state index contributed by atoms with van der Waals surface area (Å²) in [6.07, 6.45) is -10.1. The van der Waals surface area contributed by atoms with Gasteiger partial charge in [0.1, 0.15) is 5.75 Å². The summed E-state index contributed by atoms with van der Waals surface area (Å²) >= 11 is 0. The quantitative estimate of drug-likeness (QED) is 0.641. The van der Waals surface area contributed by atoms with Gasteiger partial charge in [0.25, 0.3) is 11.8 Å². The zero-order valence-corrected chi connectivity index (χ0v) is 16.8. The molecule has 0 aliphatic carbocycles. The van der Waals surface area contributed by atoms with Crippen molar-refractivity contribution in [3.8, 4) is 5.75 Å². The van der Waals surface area contributed by atoms with Gasteiger partial charge in [-0.2, -0.15) is 26.3 Å². The van der Waals surface area contributed by atoms with Gasteiger partial charge in [0.05, 0.1) is 18.2 Å². The minimum absolute atomic E-state index is 0.0256. The Morgan fingerprint density at radius 2 is 1.12 bits per heavy atom. The highest BCUT2D eigenvalue weighted by Gasteiger charge is 2.38. The first kappa shape index (κ1) is 23.4. The van der Waals surface area contributed by atoms with Crippen LogP contribution in [0.4, 0.5) is 26.3 Å². The molecule has 0 aromatic heterocycles. The number of ether oxygens (including phenoxy) is 1. The van der Waals surface area contributed by atoms with E-state index < -0.39 is 35.0 Å². The van der Waals surface area contributed by atoms with Gasteiger partial charge in [-0.1, -0.05) is 0 Å². The topological polar surface area (TPSA) is 49.9 Å². The van der Waals surface area contributed by atoms with Crippen LogP contribution in [-0.4, -0.2) is 54.9 Å². The molecule has 0 N–H and O–H groups in total. The third-order valence-electron chi connectivity index (χ3n) is 5.03. The SMILES string of the molecule is COc1ccc(C(=O)N2CCN(C(=O)c3cc(C(F)(F)F)cc(C(F)(F)F)c3)CC2)cc1. The first-order chi connectivity index (χ1) is 14.9. The highest BCUT2D eigenvalue weighted by Crippen LogP contribution is 2.36. The molecule has 1 aliphatic rings. The molecule has 172 valence electrons. The van der Waals surface area contributed by atoms with Crippen molar-refractivity contribution in [1.82, 2.24) is 9.80 Å². The van der Waals surface area contributed by atoms with E-state index in [1.165, 1.54) is 12.0 Å². The predicted octanol–water partition coefficient (Wildman–Crippen LogP) is 4.33. The first-order valence-electron chi connectivity index (χ1n) is 9.42. The smallest absolute Gasteiger partial charge is 0.416 e. The van der Waals surface area contributed by atoms with Gasteiger partial charge in [0, 0.05) is 37.3 Å². The molecule has 1 fully saturated rings. The summed E-state index contributed by atoms with van der Waals surface area (Å²) in [7, 11) is 1.48. The second-order valence-electron chi connectivity index (χ2n) is 7.11. The molecule has 0 atom stereocenters. The summed E-state index contributed by atoms with van der Waals surface area (Å²) in [6.45, 7) is 0.111. The number of methoxy groups -OCH3 is 1. The molecule has 3 rings (SSSR count). The third-order valence-corrected chi connectivity index (χ3v) is 5.03. The number of piperazine rings is 1. The number of hydrogen-bond donors (Lipinski definition) is 0. The summed E-state index contributed by atoms with van der Waals surface area (Å²) in [4.78, 5) is 27.8. The molecular weight excluding hydrogens is 442 g/mol. The van der Waals surface area contributed by atoms with Crippen molar-refractivity contribution in [2.45, 2.75) is 12.4 Å². The molecule has 1 heterocycles. The normalized spacial score (nSPS) is 15.0. The largest absolute Gasteiger partial charge is 0.497 e. The summed E-state index contributed by atoms with van der Waals surface area (Å²) < 4.78 is 83.3. The fourth-order valence-corrected chi connectivity index (χ4v) is 3.29. The van der Waals surface area contributed by atoms with Gasteiger partial charge >= 0.3 is 12.4 Å². The minimum atomic E-state index is -5.04. The third kappa shape index (κ3) is 5.14. The fourth-order valence-electron chi connectivity index (χ4n) is 3.29. The van der Waals surface area contributed by atoms with Gasteiger partial charge in [-0.3, -0.25) is 9.59 Å². The fraction of sp³-hybridized carbons (Fsp3) is 0.333. The molecule has 1 aliphatic heterocycles. The number of carbonyl (C=O) groups excluding carboxylic acids is 2. The summed E-state index contributed by atoms with van der Waals surface area (Å²) in [6, 6.07) is 7.15. The van der Waals surface area contributed by atoms with Crippen LogP contribution in [0.15, 0.2) is 42.5 Å². The molecule has 11 heteroatoms. The Morgan fingerprint density at radius 3 is 1.50 bits per heavy atom. The van der Waals surface area contributed by atoms with E-state index in [4.69, 9.17) is 4.74 Å². The number of hydrogen-bond acceptors (Lipinski definition) is 3. The average molecular weight is 460 g/mol. The highest BCUT2D eigenvalue weighted by molar-refractivity contribution is 5.96. The van der Waals surface area contributed by atoms with Crippen LogP contribution in [0.25, 0.3) is 0 Å². The van der Waals surface area contributed by atoms with Gasteiger partial charge < -0.3 is 14.5 Å². The van der Waals surface area contributed by atoms with Gasteiger partial charge in [-0.15, -0.1) is 0 Å². The highest BCUT2D eigenvalue weighted by atomic mass is 19.4. The second kappa shape index (κ2) is 8.71. The van der Waals surface area contributed by atoms with Crippen LogP contribution in [0.1, 0.15) is 31.8 Å². The van der Waals surface area contributed by atoms with E-state index in [2.05, 4.69) is 0 Å². The molecule has 0 bridgehead atoms. The van der Waals surface area contributed by atoms with Crippen molar-refractivity contribution in [2.75, 3.05) is 33.3 Å². The maximum atomic E-state index is 13.0. The molecule has 1 saturated heterocycles. The van der Waals surface area contributed by atoms with Crippen LogP contribution in [0, 0.1) is 0 Å². The molecule has 2 aromatic carbocycles. The van der Waals surface area contributed by atoms with E-state index in [0.717, 1.165) is 4.90 Å². The summed E-state index contributed by atoms with van der Waals surface area (Å²) in [5.74, 6) is -0.701. The maximum absolute atomic E-state index is 13.0. The van der Waals surface area contributed by atoms with Gasteiger partial charge in [0.2, 0.25) is 0 Å². The van der Waals surface area contributed by atoms with Crippen molar-refractivity contribution in [3.63, 3.8) is 0 Å². The van der Waals surface area contributed by atoms with Crippen LogP contribution >= 0.6 is 0 Å². The van der Waals surface area contributed by atoms with Crippen LogP contribution in [0.2, 0.25) is 0 Å². The lowest BCUT2D eigenvalue weighted by molar-refractivity contribution is -0.143. The van der Waals surface area contributed by atoms with Gasteiger partial charge in [-0.05, 0) is 42.5 Å². The van der Waals surface area contributed by atoms with E-state index in [-0.39, 0.29) is 38.2 Å². The zero-order chi connectivity index (χ0) is 23.7. The Morgan fingerprint density at radius 1 is 0.719 bits per heavy atom. The van der Waals surface area contributed by atoms with Crippen LogP contribution in [0.3, 0.4) is 0 Å². The second-order valence-corrected chi connectivity index (χ2v) is 7.11. The standard InChI is InChI=1S/C21H18F6N2O3/c1-32-17-4-2-13(3-5-17)18(30)28-6-8-29(9-7-28)19(31)14-10-15(20(22,23)24)12-16(11-14)21(25,26)27/h2-5,10-12H,6-9H2,1H3. The number of nitrogens with zero attached hydrogens (tertiary/aromatic N) is 2. The number of rotatable bonds is 3. The van der Waals surface area contributed by atoms with Crippen molar-refractivity contribution < 1.29 is 40.7 Å². The zero-order valence-electron chi connectivity index (χ0n) is 16.8. The average Bonchev–Trinajstić information content (AvgIpc) is 2.77. The molecule has 5 nitrogen and oxygen atoms in total. The number of amides is 2. The molecule has 2 amide bonds. The Bertz CT molecular complexity index is 962. The van der Waals surface area contributed by atoms with Crippen molar-refractivity contribution >= 4 is 11.8 Å². The monoisotopic (exact) mass is 460 g/mol. The lowest BCUT2D eigenvalue weighted by Gasteiger charge is -2.35. The van der Waals surface area contributed by atoms with Crippen molar-refractivity contribution in [2.24, 2.45) is 0 Å². The van der Waals surface area contributed by atoms with Crippen LogP contribution in [0.5, 0.6) is 5.75 Å². The van der Waals surface area contributed by atoms with Gasteiger partial charge in [-0.25, -0.2) is 0 Å². The Kier molecular flexibility index (Phi) is 6.38. The number of alkyl halides is 6. The van der Waals surface area contributed by atoms with E-state index in [0.29, 0.717) is 23.4 Å². The van der Waals surface area contributed by atoms with Crippen molar-refractivity contribution in [1.29, 1.82) is 0 Å². The molecule has 2 aromatic rings. The summed E-state index contributed by atoms with van der Waals surface area (Å²) in [5.41, 5.74) is -3.42. The summed E-state index contributed by atoms with van der Waals surface area (Å²) in [5, 5.41) is 0. The van der Waals surface area contributed by atoms with E-state index >= 15 is 0 Å². The number of halogens is 6. The Balaban J connectivity index is 1.74. The molecule has 0 spiro atoms. The molecule has 0 radical (unpaired) electrons. The van der Waals surface area contributed by atoms with Crippen LogP contribution in [-0.2, 0) is 12.4 Å². The van der Waals surface area contributed by atoms with E-state index in [1.54, 1.807) is 24.3 Å². The van der Waals surface area contributed by atoms with Gasteiger partial charge in [0.15, 0.2) is 0 Å². The van der Waals surface area contributed by atoms with Crippen molar-refractivity contribution in [3.05, 3.63) is 64.7 Å². The lowest BCUT2D eigenvalue weighted by atomic mass is 10.0. The molecular formula is C21H18F6N2O3. The maximum Gasteiger partial charge on any atom is 0.416 e. The molecule has 0 saturated carbocycles. The number of carbonyl (C=O) groups is 2. The Hall–Kier alpha value is -3.24. The number of benzene rings is 2. The molecule has 32 heavy (non-hydrogen) atoms. The van der Waals surface area contributed by atoms with E-state index in [1.807, 2.05) is 0 Å². The van der Waals surface area contributed by atoms with Crippen LogP contribution < -0.4 is 4.74 Å². The Labute approximate surface area is 179 Å². The lowest BCUT2D eigenvalue weighted by Crippen LogP contribution is -2.50. The molecule has 0 unspecified atom stereocenters. The minimum Gasteiger partial charge on any atom is -0.497 e. The van der Waals surface area contributed by atoms with E-state index in [9.17, 15) is 35.9 Å².